The van der Waals surface area contributed by atoms with Gasteiger partial charge in [-0.05, 0) is 25.3 Å². The van der Waals surface area contributed by atoms with Crippen molar-refractivity contribution < 1.29 is 33.5 Å². The minimum atomic E-state index is -4.94. The van der Waals surface area contributed by atoms with Crippen molar-refractivity contribution in [2.24, 2.45) is 0 Å². The van der Waals surface area contributed by atoms with Gasteiger partial charge in [-0.2, -0.15) is 0 Å². The van der Waals surface area contributed by atoms with Gasteiger partial charge in [0.2, 0.25) is 0 Å². The molecule has 2 rings (SSSR count). The molecule has 1 aliphatic heterocycles. The molecular weight excluding hydrogens is 341 g/mol. The lowest BCUT2D eigenvalue weighted by Crippen LogP contribution is -2.68. The Morgan fingerprint density at radius 2 is 1.48 bits per heavy atom. The second-order valence-electron chi connectivity index (χ2n) is 5.36. The van der Waals surface area contributed by atoms with Crippen LogP contribution in [0.3, 0.4) is 0 Å². The summed E-state index contributed by atoms with van der Waals surface area (Å²) in [6, 6.07) is 8.34. The number of aryl methyl sites for hydroxylation is 1. The Hall–Kier alpha value is -0.950. The first-order valence-corrected chi connectivity index (χ1v) is 9.00. The van der Waals surface area contributed by atoms with E-state index < -0.39 is 10.2 Å². The van der Waals surface area contributed by atoms with Gasteiger partial charge in [-0.25, -0.2) is 23.2 Å². The van der Waals surface area contributed by atoms with Gasteiger partial charge in [0.25, 0.3) is 0 Å². The second kappa shape index (κ2) is 10.0. The highest BCUT2D eigenvalue weighted by atomic mass is 35.7. The van der Waals surface area contributed by atoms with Crippen LogP contribution in [0.4, 0.5) is 0 Å². The summed E-state index contributed by atoms with van der Waals surface area (Å²) in [5.74, 6) is 0. The molecule has 128 valence electrons. The largest absolute Gasteiger partial charge is 0.236 e. The summed E-state index contributed by atoms with van der Waals surface area (Å²) in [5.41, 5.74) is 2.35. The minimum absolute atomic E-state index is 0.819. The Morgan fingerprint density at radius 1 is 1.00 bits per heavy atom. The summed E-state index contributed by atoms with van der Waals surface area (Å²) in [4.78, 5) is 0. The zero-order chi connectivity index (χ0) is 17.3. The standard InChI is InChI=1S/C16H21ClN.ClHO4/c1-14-6-8-15(9-7-14)16(17)10-13-18-11-4-2-3-5-12-18;2-1(3,4)5/h6-10,13H,2-5,11-12H2,1H3;(H,2,3,4,5)/q+1;/p-1/b16-10-;. The lowest BCUT2D eigenvalue weighted by Gasteiger charge is -2.17. The van der Waals surface area contributed by atoms with E-state index in [1.165, 1.54) is 31.2 Å². The Bertz CT molecular complexity index is 520. The minimum Gasteiger partial charge on any atom is -0.236 e. The van der Waals surface area contributed by atoms with Crippen molar-refractivity contribution in [1.29, 1.82) is 0 Å². The quantitative estimate of drug-likeness (QED) is 0.662. The number of nitrogens with zero attached hydrogens (tertiary/aromatic N) is 1. The number of benzene rings is 1. The Morgan fingerprint density at radius 3 is 1.96 bits per heavy atom. The maximum atomic E-state index is 8.49. The molecule has 0 atom stereocenters. The monoisotopic (exact) mass is 361 g/mol. The van der Waals surface area contributed by atoms with Gasteiger partial charge in [0.05, 0.1) is 5.03 Å². The van der Waals surface area contributed by atoms with Gasteiger partial charge in [-0.1, -0.05) is 41.4 Å². The average molecular weight is 362 g/mol. The number of hydrogen-bond acceptors (Lipinski definition) is 4. The SMILES string of the molecule is Cc1ccc(/C(Cl)=C/C=[N+]2CCCCCC2)cc1.[O-][Cl+3]([O-])([O-])[O-]. The molecule has 0 unspecified atom stereocenters. The van der Waals surface area contributed by atoms with Gasteiger partial charge in [0.15, 0.2) is 6.21 Å². The highest BCUT2D eigenvalue weighted by Gasteiger charge is 2.08. The summed E-state index contributed by atoms with van der Waals surface area (Å²) in [5, 5.41) is 0.819. The summed E-state index contributed by atoms with van der Waals surface area (Å²) >= 11 is 6.32. The zero-order valence-corrected chi connectivity index (χ0v) is 14.6. The molecule has 1 saturated heterocycles. The first kappa shape index (κ1) is 20.1. The predicted molar refractivity (Wildman–Crippen MR) is 79.5 cm³/mol. The molecule has 0 aromatic heterocycles. The smallest absolute Gasteiger partial charge is 0.164 e. The van der Waals surface area contributed by atoms with Crippen molar-refractivity contribution in [3.8, 4) is 0 Å². The summed E-state index contributed by atoms with van der Waals surface area (Å²) in [6.45, 7) is 4.41. The summed E-state index contributed by atoms with van der Waals surface area (Å²) in [6.07, 6.45) is 9.49. The molecule has 0 saturated carbocycles. The molecule has 0 radical (unpaired) electrons. The van der Waals surface area contributed by atoms with E-state index in [0.717, 1.165) is 23.7 Å². The van der Waals surface area contributed by atoms with Gasteiger partial charge in [-0.15, -0.1) is 10.2 Å². The average Bonchev–Trinajstić information content (AvgIpc) is 2.72. The number of hydrogen-bond donors (Lipinski definition) is 0. The van der Waals surface area contributed by atoms with Crippen LogP contribution in [0.5, 0.6) is 0 Å². The Labute approximate surface area is 143 Å². The third-order valence-corrected chi connectivity index (χ3v) is 3.74. The summed E-state index contributed by atoms with van der Waals surface area (Å²) < 4.78 is 36.4. The lowest BCUT2D eigenvalue weighted by molar-refractivity contribution is -2.00. The first-order valence-electron chi connectivity index (χ1n) is 7.39. The van der Waals surface area contributed by atoms with E-state index in [1.807, 2.05) is 6.08 Å². The van der Waals surface area contributed by atoms with Crippen LogP contribution in [-0.2, 0) is 0 Å². The highest BCUT2D eigenvalue weighted by Crippen LogP contribution is 2.18. The Kier molecular flexibility index (Phi) is 8.76. The second-order valence-corrected chi connectivity index (χ2v) is 6.52. The number of halogens is 2. The van der Waals surface area contributed by atoms with Crippen LogP contribution < -0.4 is 18.6 Å². The summed E-state index contributed by atoms with van der Waals surface area (Å²) in [7, 11) is -4.94. The zero-order valence-electron chi connectivity index (χ0n) is 13.0. The fraction of sp³-hybridized carbons (Fsp3) is 0.438. The van der Waals surface area contributed by atoms with E-state index in [0.29, 0.717) is 0 Å². The predicted octanol–water partition coefficient (Wildman–Crippen LogP) is -0.524. The number of rotatable bonds is 2. The molecule has 0 N–H and O–H groups in total. The molecule has 0 bridgehead atoms. The van der Waals surface area contributed by atoms with Gasteiger partial charge < -0.3 is 0 Å². The molecular formula is C16H21Cl2NO4. The van der Waals surface area contributed by atoms with Gasteiger partial charge in [0, 0.05) is 18.9 Å². The molecule has 0 spiro atoms. The van der Waals surface area contributed by atoms with Crippen LogP contribution in [-0.4, -0.2) is 23.9 Å². The molecule has 1 aliphatic rings. The van der Waals surface area contributed by atoms with Crippen molar-refractivity contribution in [1.82, 2.24) is 0 Å². The first-order chi connectivity index (χ1) is 10.8. The fourth-order valence-electron chi connectivity index (χ4n) is 2.22. The number of allylic oxidation sites excluding steroid dienone is 1. The van der Waals surface area contributed by atoms with Gasteiger partial charge in [-0.3, -0.25) is 0 Å². The lowest BCUT2D eigenvalue weighted by atomic mass is 10.1. The van der Waals surface area contributed by atoms with Crippen molar-refractivity contribution in [2.75, 3.05) is 13.1 Å². The van der Waals surface area contributed by atoms with Gasteiger partial charge in [0.1, 0.15) is 13.1 Å². The van der Waals surface area contributed by atoms with E-state index in [9.17, 15) is 0 Å². The molecule has 23 heavy (non-hydrogen) atoms. The van der Waals surface area contributed by atoms with Crippen LogP contribution >= 0.6 is 11.6 Å². The van der Waals surface area contributed by atoms with E-state index >= 15 is 0 Å². The third-order valence-electron chi connectivity index (χ3n) is 3.40. The highest BCUT2D eigenvalue weighted by molar-refractivity contribution is 6.49. The van der Waals surface area contributed by atoms with Crippen LogP contribution in [0.25, 0.3) is 5.03 Å². The molecule has 5 nitrogen and oxygen atoms in total. The van der Waals surface area contributed by atoms with Crippen LogP contribution in [0.1, 0.15) is 36.8 Å². The van der Waals surface area contributed by atoms with Crippen LogP contribution in [0.15, 0.2) is 30.3 Å². The van der Waals surface area contributed by atoms with Gasteiger partial charge >= 0.3 is 0 Å². The maximum absolute atomic E-state index is 8.49. The van der Waals surface area contributed by atoms with Crippen molar-refractivity contribution >= 4 is 22.8 Å². The van der Waals surface area contributed by atoms with E-state index in [-0.39, 0.29) is 0 Å². The third kappa shape index (κ3) is 10.4. The fourth-order valence-corrected chi connectivity index (χ4v) is 2.41. The molecule has 1 aromatic carbocycles. The molecule has 1 aromatic rings. The van der Waals surface area contributed by atoms with Crippen LogP contribution in [0, 0.1) is 17.2 Å². The topological polar surface area (TPSA) is 95.2 Å². The van der Waals surface area contributed by atoms with E-state index in [2.05, 4.69) is 42.0 Å². The molecule has 7 heteroatoms. The van der Waals surface area contributed by atoms with Crippen LogP contribution in [0.2, 0.25) is 0 Å². The Balaban J connectivity index is 0.000000463. The molecule has 0 amide bonds. The van der Waals surface area contributed by atoms with Crippen molar-refractivity contribution in [3.63, 3.8) is 0 Å². The van der Waals surface area contributed by atoms with Crippen molar-refractivity contribution in [3.05, 3.63) is 41.5 Å². The van der Waals surface area contributed by atoms with E-state index in [1.54, 1.807) is 0 Å². The maximum Gasteiger partial charge on any atom is 0.164 e. The van der Waals surface area contributed by atoms with Crippen molar-refractivity contribution in [2.45, 2.75) is 32.6 Å². The molecule has 1 heterocycles. The molecule has 0 aliphatic carbocycles. The molecule has 1 fully saturated rings. The van der Waals surface area contributed by atoms with E-state index in [4.69, 9.17) is 30.2 Å². The normalized spacial score (nSPS) is 16.3.